The summed E-state index contributed by atoms with van der Waals surface area (Å²) in [5.41, 5.74) is 5.43. The summed E-state index contributed by atoms with van der Waals surface area (Å²) in [6, 6.07) is 0. The fourth-order valence-corrected chi connectivity index (χ4v) is 3.80. The number of hydrogen-bond donors (Lipinski definition) is 2. The molecule has 2 atom stereocenters. The first-order valence-electron chi connectivity index (χ1n) is 5.07. The Bertz CT molecular complexity index is 289. The van der Waals surface area contributed by atoms with Crippen molar-refractivity contribution in [2.24, 2.45) is 22.2 Å². The van der Waals surface area contributed by atoms with E-state index in [1.807, 2.05) is 0 Å². The summed E-state index contributed by atoms with van der Waals surface area (Å²) < 4.78 is 22.2. The van der Waals surface area contributed by atoms with Gasteiger partial charge in [0.15, 0.2) is 0 Å². The van der Waals surface area contributed by atoms with Crippen LogP contribution in [0.4, 0.5) is 0 Å². The van der Waals surface area contributed by atoms with Crippen molar-refractivity contribution in [1.29, 1.82) is 0 Å². The molecule has 4 nitrogen and oxygen atoms in total. The van der Waals surface area contributed by atoms with E-state index in [9.17, 15) is 8.42 Å². The van der Waals surface area contributed by atoms with E-state index in [2.05, 4.69) is 6.92 Å². The van der Waals surface area contributed by atoms with Crippen molar-refractivity contribution in [1.82, 2.24) is 0 Å². The van der Waals surface area contributed by atoms with E-state index >= 15 is 0 Å². The van der Waals surface area contributed by atoms with Crippen LogP contribution >= 0.6 is 0 Å². The summed E-state index contributed by atoms with van der Waals surface area (Å²) in [6.07, 6.45) is 4.02. The van der Waals surface area contributed by atoms with Gasteiger partial charge in [-0.15, -0.1) is 0 Å². The molecule has 1 unspecified atom stereocenters. The SMILES string of the molecule is CC1CCC[C@@](CN)(CS(N)(=O)=O)C1. The quantitative estimate of drug-likeness (QED) is 0.723. The number of hydrogen-bond acceptors (Lipinski definition) is 3. The maximum atomic E-state index is 11.1. The highest BCUT2D eigenvalue weighted by molar-refractivity contribution is 7.89. The van der Waals surface area contributed by atoms with Crippen LogP contribution in [-0.2, 0) is 10.0 Å². The topological polar surface area (TPSA) is 86.2 Å². The van der Waals surface area contributed by atoms with Crippen LogP contribution < -0.4 is 10.9 Å². The minimum Gasteiger partial charge on any atom is -0.330 e. The van der Waals surface area contributed by atoms with Crippen LogP contribution in [0.5, 0.6) is 0 Å². The lowest BCUT2D eigenvalue weighted by Gasteiger charge is -2.38. The maximum Gasteiger partial charge on any atom is 0.209 e. The largest absolute Gasteiger partial charge is 0.330 e. The second-order valence-electron chi connectivity index (χ2n) is 4.71. The molecule has 1 saturated carbocycles. The first-order chi connectivity index (χ1) is 6.37. The Kier molecular flexibility index (Phi) is 3.55. The summed E-state index contributed by atoms with van der Waals surface area (Å²) >= 11 is 0. The Morgan fingerprint density at radius 1 is 1.50 bits per heavy atom. The Morgan fingerprint density at radius 3 is 2.57 bits per heavy atom. The highest BCUT2D eigenvalue weighted by atomic mass is 32.2. The molecule has 0 amide bonds. The third-order valence-electron chi connectivity index (χ3n) is 3.13. The molecule has 0 spiro atoms. The molecule has 1 fully saturated rings. The van der Waals surface area contributed by atoms with Gasteiger partial charge in [0.05, 0.1) is 5.75 Å². The van der Waals surface area contributed by atoms with E-state index in [1.165, 1.54) is 6.42 Å². The summed E-state index contributed by atoms with van der Waals surface area (Å²) in [7, 11) is -3.40. The van der Waals surface area contributed by atoms with Crippen LogP contribution in [0.2, 0.25) is 0 Å². The standard InChI is InChI=1S/C9H20N2O2S/c1-8-3-2-4-9(5-8,6-10)7-14(11,12)13/h8H,2-7,10H2,1H3,(H2,11,12,13)/t8?,9-/m1/s1. The lowest BCUT2D eigenvalue weighted by atomic mass is 9.71. The van der Waals surface area contributed by atoms with Gasteiger partial charge in [-0.2, -0.15) is 0 Å². The molecule has 0 saturated heterocycles. The zero-order valence-corrected chi connectivity index (χ0v) is 9.52. The molecule has 0 aromatic rings. The van der Waals surface area contributed by atoms with Crippen molar-refractivity contribution in [2.45, 2.75) is 32.6 Å². The van der Waals surface area contributed by atoms with Crippen LogP contribution in [0.3, 0.4) is 0 Å². The average molecular weight is 220 g/mol. The monoisotopic (exact) mass is 220 g/mol. The van der Waals surface area contributed by atoms with Crippen molar-refractivity contribution in [3.8, 4) is 0 Å². The first kappa shape index (κ1) is 11.9. The molecule has 0 radical (unpaired) electrons. The fraction of sp³-hybridized carbons (Fsp3) is 1.00. The van der Waals surface area contributed by atoms with E-state index in [0.717, 1.165) is 19.3 Å². The van der Waals surface area contributed by atoms with Crippen molar-refractivity contribution in [3.63, 3.8) is 0 Å². The van der Waals surface area contributed by atoms with Crippen LogP contribution in [0, 0.1) is 11.3 Å². The van der Waals surface area contributed by atoms with Crippen LogP contribution in [-0.4, -0.2) is 20.7 Å². The van der Waals surface area contributed by atoms with Crippen LogP contribution in [0.1, 0.15) is 32.6 Å². The van der Waals surface area contributed by atoms with Gasteiger partial charge in [0.25, 0.3) is 0 Å². The molecule has 1 aliphatic rings. The lowest BCUT2D eigenvalue weighted by molar-refractivity contribution is 0.180. The second kappa shape index (κ2) is 4.16. The Hall–Kier alpha value is -0.130. The van der Waals surface area contributed by atoms with Crippen molar-refractivity contribution < 1.29 is 8.42 Å². The van der Waals surface area contributed by atoms with Gasteiger partial charge in [-0.05, 0) is 30.7 Å². The predicted molar refractivity (Wildman–Crippen MR) is 57.1 cm³/mol. The predicted octanol–water partition coefficient (Wildman–Crippen LogP) is 0.430. The van der Waals surface area contributed by atoms with E-state index in [-0.39, 0.29) is 11.2 Å². The van der Waals surface area contributed by atoms with Gasteiger partial charge in [0, 0.05) is 0 Å². The molecule has 0 heterocycles. The van der Waals surface area contributed by atoms with Gasteiger partial charge in [-0.1, -0.05) is 19.8 Å². The van der Waals surface area contributed by atoms with Crippen molar-refractivity contribution in [2.75, 3.05) is 12.3 Å². The van der Waals surface area contributed by atoms with Gasteiger partial charge in [-0.3, -0.25) is 0 Å². The Balaban J connectivity index is 2.75. The van der Waals surface area contributed by atoms with Crippen molar-refractivity contribution >= 4 is 10.0 Å². The fourth-order valence-electron chi connectivity index (χ4n) is 2.57. The number of primary sulfonamides is 1. The van der Waals surface area contributed by atoms with Crippen LogP contribution in [0.25, 0.3) is 0 Å². The molecule has 1 aliphatic carbocycles. The van der Waals surface area contributed by atoms with Crippen LogP contribution in [0.15, 0.2) is 0 Å². The minimum absolute atomic E-state index is 0.0425. The molecular weight excluding hydrogens is 200 g/mol. The average Bonchev–Trinajstić information content (AvgIpc) is 2.01. The van der Waals surface area contributed by atoms with Gasteiger partial charge in [0.2, 0.25) is 10.0 Å². The molecule has 0 aromatic heterocycles. The van der Waals surface area contributed by atoms with E-state index in [1.54, 1.807) is 0 Å². The summed E-state index contributed by atoms with van der Waals surface area (Å²) in [4.78, 5) is 0. The molecule has 4 N–H and O–H groups in total. The van der Waals surface area contributed by atoms with E-state index < -0.39 is 10.0 Å². The lowest BCUT2D eigenvalue weighted by Crippen LogP contribution is -2.42. The van der Waals surface area contributed by atoms with Gasteiger partial charge >= 0.3 is 0 Å². The zero-order valence-electron chi connectivity index (χ0n) is 8.70. The molecule has 84 valence electrons. The smallest absolute Gasteiger partial charge is 0.209 e. The first-order valence-corrected chi connectivity index (χ1v) is 6.79. The number of rotatable bonds is 3. The maximum absolute atomic E-state index is 11.1. The van der Waals surface area contributed by atoms with Gasteiger partial charge in [-0.25, -0.2) is 13.6 Å². The Morgan fingerprint density at radius 2 is 2.14 bits per heavy atom. The van der Waals surface area contributed by atoms with E-state index in [0.29, 0.717) is 12.5 Å². The molecule has 0 aromatic carbocycles. The van der Waals surface area contributed by atoms with Gasteiger partial charge in [0.1, 0.15) is 0 Å². The molecule has 0 aliphatic heterocycles. The third kappa shape index (κ3) is 3.22. The van der Waals surface area contributed by atoms with Crippen molar-refractivity contribution in [3.05, 3.63) is 0 Å². The normalized spacial score (nSPS) is 34.4. The third-order valence-corrected chi connectivity index (χ3v) is 4.14. The zero-order chi connectivity index (χ0) is 10.8. The summed E-state index contributed by atoms with van der Waals surface area (Å²) in [6.45, 7) is 2.57. The number of nitrogens with two attached hydrogens (primary N) is 2. The highest BCUT2D eigenvalue weighted by Gasteiger charge is 2.36. The molecule has 0 bridgehead atoms. The minimum atomic E-state index is -3.40. The molecule has 1 rings (SSSR count). The number of sulfonamides is 1. The van der Waals surface area contributed by atoms with Gasteiger partial charge < -0.3 is 5.73 Å². The molecular formula is C9H20N2O2S. The summed E-state index contributed by atoms with van der Waals surface area (Å²) in [5, 5.41) is 5.09. The molecule has 14 heavy (non-hydrogen) atoms. The second-order valence-corrected chi connectivity index (χ2v) is 6.33. The molecule has 5 heteroatoms. The Labute approximate surface area is 86.1 Å². The van der Waals surface area contributed by atoms with E-state index in [4.69, 9.17) is 10.9 Å². The summed E-state index contributed by atoms with van der Waals surface area (Å²) in [5.74, 6) is 0.606. The highest BCUT2D eigenvalue weighted by Crippen LogP contribution is 2.39.